The quantitative estimate of drug-likeness (QED) is 0.668. The molecule has 1 aliphatic rings. The summed E-state index contributed by atoms with van der Waals surface area (Å²) in [5.41, 5.74) is -0.0191. The number of hydrogen-bond acceptors (Lipinski definition) is 3. The Bertz CT molecular complexity index is 514. The molecule has 1 heterocycles. The van der Waals surface area contributed by atoms with E-state index in [0.717, 1.165) is 25.7 Å². The minimum Gasteiger partial charge on any atom is -0.325 e. The fourth-order valence-corrected chi connectivity index (χ4v) is 2.40. The molecule has 0 bridgehead atoms. The molecule has 0 aromatic heterocycles. The number of amides is 2. The van der Waals surface area contributed by atoms with Gasteiger partial charge in [-0.25, -0.2) is 4.79 Å². The third-order valence-electron chi connectivity index (χ3n) is 3.29. The van der Waals surface area contributed by atoms with Crippen molar-refractivity contribution in [3.8, 4) is 0 Å². The fraction of sp³-hybridized carbons (Fsp3) is 0.462. The molecular weight excluding hydrogens is 282 g/mol. The highest BCUT2D eigenvalue weighted by Crippen LogP contribution is 2.28. The summed E-state index contributed by atoms with van der Waals surface area (Å²) in [6.07, 6.45) is 4.17. The van der Waals surface area contributed by atoms with E-state index in [1.165, 1.54) is 18.2 Å². The van der Waals surface area contributed by atoms with Gasteiger partial charge in [0, 0.05) is 24.2 Å². The first-order valence-electron chi connectivity index (χ1n) is 6.58. The number of nitro groups is 1. The number of anilines is 1. The summed E-state index contributed by atoms with van der Waals surface area (Å²) in [7, 11) is 0. The second-order valence-electron chi connectivity index (χ2n) is 4.75. The van der Waals surface area contributed by atoms with E-state index in [1.807, 2.05) is 0 Å². The Kier molecular flexibility index (Phi) is 4.79. The number of hydrogen-bond donors (Lipinski definition) is 1. The molecule has 0 radical (unpaired) electrons. The molecule has 6 nitrogen and oxygen atoms in total. The van der Waals surface area contributed by atoms with Gasteiger partial charge in [-0.05, 0) is 25.0 Å². The normalized spacial score (nSPS) is 15.6. The number of halogens is 1. The molecule has 1 fully saturated rings. The first-order valence-corrected chi connectivity index (χ1v) is 6.95. The minimum atomic E-state index is -0.552. The Morgan fingerprint density at radius 2 is 1.90 bits per heavy atom. The number of benzene rings is 1. The van der Waals surface area contributed by atoms with Crippen molar-refractivity contribution in [2.75, 3.05) is 18.4 Å². The number of nitrogens with one attached hydrogen (secondary N) is 1. The Balaban J connectivity index is 2.12. The van der Waals surface area contributed by atoms with Gasteiger partial charge in [0.05, 0.1) is 4.92 Å². The summed E-state index contributed by atoms with van der Waals surface area (Å²) in [5.74, 6) is 0. The summed E-state index contributed by atoms with van der Waals surface area (Å²) in [5, 5.41) is 13.8. The van der Waals surface area contributed by atoms with Gasteiger partial charge in [-0.3, -0.25) is 10.1 Å². The average molecular weight is 298 g/mol. The van der Waals surface area contributed by atoms with Crippen LogP contribution in [0.2, 0.25) is 5.02 Å². The Labute approximate surface area is 121 Å². The highest BCUT2D eigenvalue weighted by molar-refractivity contribution is 6.31. The maximum Gasteiger partial charge on any atom is 0.322 e. The highest BCUT2D eigenvalue weighted by atomic mass is 35.5. The van der Waals surface area contributed by atoms with E-state index in [1.54, 1.807) is 4.90 Å². The lowest BCUT2D eigenvalue weighted by Gasteiger charge is -2.20. The Hall–Kier alpha value is -1.82. The maximum atomic E-state index is 12.1. The van der Waals surface area contributed by atoms with Crippen LogP contribution in [0, 0.1) is 10.1 Å². The molecule has 0 saturated carbocycles. The summed E-state index contributed by atoms with van der Waals surface area (Å²) >= 11 is 5.74. The second-order valence-corrected chi connectivity index (χ2v) is 5.19. The van der Waals surface area contributed by atoms with Gasteiger partial charge in [0.15, 0.2) is 0 Å². The molecule has 2 rings (SSSR count). The van der Waals surface area contributed by atoms with Crippen molar-refractivity contribution in [3.63, 3.8) is 0 Å². The topological polar surface area (TPSA) is 75.5 Å². The van der Waals surface area contributed by atoms with Gasteiger partial charge < -0.3 is 10.2 Å². The predicted octanol–water partition coefficient (Wildman–Crippen LogP) is 3.66. The Morgan fingerprint density at radius 1 is 1.25 bits per heavy atom. The molecular formula is C13H16ClN3O3. The summed E-state index contributed by atoms with van der Waals surface area (Å²) in [6.45, 7) is 1.38. The van der Waals surface area contributed by atoms with Crippen LogP contribution >= 0.6 is 11.6 Å². The van der Waals surface area contributed by atoms with Crippen LogP contribution < -0.4 is 5.32 Å². The van der Waals surface area contributed by atoms with Crippen molar-refractivity contribution in [1.82, 2.24) is 4.90 Å². The molecule has 0 unspecified atom stereocenters. The number of carbonyl (C=O) groups is 1. The van der Waals surface area contributed by atoms with E-state index in [0.29, 0.717) is 13.1 Å². The maximum absolute atomic E-state index is 12.1. The van der Waals surface area contributed by atoms with Gasteiger partial charge in [0.25, 0.3) is 5.69 Å². The van der Waals surface area contributed by atoms with E-state index in [4.69, 9.17) is 11.6 Å². The minimum absolute atomic E-state index is 0.175. The molecule has 0 atom stereocenters. The molecule has 20 heavy (non-hydrogen) atoms. The van der Waals surface area contributed by atoms with E-state index in [2.05, 4.69) is 5.32 Å². The smallest absolute Gasteiger partial charge is 0.322 e. The van der Waals surface area contributed by atoms with Gasteiger partial charge in [-0.15, -0.1) is 0 Å². The van der Waals surface area contributed by atoms with E-state index >= 15 is 0 Å². The van der Waals surface area contributed by atoms with Gasteiger partial charge in [0.1, 0.15) is 5.69 Å². The van der Waals surface area contributed by atoms with Gasteiger partial charge in [0.2, 0.25) is 0 Å². The number of carbonyl (C=O) groups excluding carboxylic acids is 1. The molecule has 7 heteroatoms. The Morgan fingerprint density at radius 3 is 2.50 bits per heavy atom. The van der Waals surface area contributed by atoms with Crippen molar-refractivity contribution < 1.29 is 9.72 Å². The number of rotatable bonds is 2. The zero-order valence-corrected chi connectivity index (χ0v) is 11.7. The van der Waals surface area contributed by atoms with Crippen molar-refractivity contribution >= 4 is 29.0 Å². The zero-order valence-electron chi connectivity index (χ0n) is 11.0. The number of urea groups is 1. The van der Waals surface area contributed by atoms with Crippen LogP contribution in [0.4, 0.5) is 16.2 Å². The SMILES string of the molecule is O=C(Nc1ccc(Cl)cc1[N+](=O)[O-])N1CCCCCC1. The zero-order chi connectivity index (χ0) is 14.5. The van der Waals surface area contributed by atoms with Crippen LogP contribution in [0.25, 0.3) is 0 Å². The molecule has 108 valence electrons. The third-order valence-corrected chi connectivity index (χ3v) is 3.53. The van der Waals surface area contributed by atoms with E-state index in [-0.39, 0.29) is 22.4 Å². The first-order chi connectivity index (χ1) is 9.58. The molecule has 0 spiro atoms. The standard InChI is InChI=1S/C13H16ClN3O3/c14-10-5-6-11(12(9-10)17(19)20)15-13(18)16-7-3-1-2-4-8-16/h5-6,9H,1-4,7-8H2,(H,15,18). The number of nitro benzene ring substituents is 1. The van der Waals surface area contributed by atoms with Crippen LogP contribution in [0.15, 0.2) is 18.2 Å². The average Bonchev–Trinajstić information content (AvgIpc) is 2.69. The molecule has 1 aromatic rings. The van der Waals surface area contributed by atoms with E-state index < -0.39 is 4.92 Å². The lowest BCUT2D eigenvalue weighted by Crippen LogP contribution is -2.35. The third kappa shape index (κ3) is 3.60. The van der Waals surface area contributed by atoms with Gasteiger partial charge >= 0.3 is 6.03 Å². The molecule has 1 aliphatic heterocycles. The van der Waals surface area contributed by atoms with Crippen molar-refractivity contribution in [2.24, 2.45) is 0 Å². The van der Waals surface area contributed by atoms with Crippen molar-refractivity contribution in [2.45, 2.75) is 25.7 Å². The predicted molar refractivity (Wildman–Crippen MR) is 77.2 cm³/mol. The summed E-state index contributed by atoms with van der Waals surface area (Å²) < 4.78 is 0. The summed E-state index contributed by atoms with van der Waals surface area (Å²) in [6, 6.07) is 3.92. The molecule has 1 N–H and O–H groups in total. The number of likely N-dealkylation sites (tertiary alicyclic amines) is 1. The lowest BCUT2D eigenvalue weighted by molar-refractivity contribution is -0.383. The van der Waals surface area contributed by atoms with Crippen molar-refractivity contribution in [3.05, 3.63) is 33.3 Å². The van der Waals surface area contributed by atoms with Crippen LogP contribution in [0.5, 0.6) is 0 Å². The summed E-state index contributed by atoms with van der Waals surface area (Å²) in [4.78, 5) is 24.3. The van der Waals surface area contributed by atoms with Gasteiger partial charge in [-0.1, -0.05) is 24.4 Å². The van der Waals surface area contributed by atoms with Crippen LogP contribution in [0.3, 0.4) is 0 Å². The molecule has 2 amide bonds. The monoisotopic (exact) mass is 297 g/mol. The number of nitrogens with zero attached hydrogens (tertiary/aromatic N) is 2. The van der Waals surface area contributed by atoms with E-state index in [9.17, 15) is 14.9 Å². The van der Waals surface area contributed by atoms with Gasteiger partial charge in [-0.2, -0.15) is 0 Å². The fourth-order valence-electron chi connectivity index (χ4n) is 2.23. The van der Waals surface area contributed by atoms with Crippen LogP contribution in [0.1, 0.15) is 25.7 Å². The molecule has 0 aliphatic carbocycles. The van der Waals surface area contributed by atoms with Crippen molar-refractivity contribution in [1.29, 1.82) is 0 Å². The molecule has 1 saturated heterocycles. The van der Waals surface area contributed by atoms with Crippen LogP contribution in [-0.4, -0.2) is 28.9 Å². The first kappa shape index (κ1) is 14.6. The largest absolute Gasteiger partial charge is 0.325 e. The molecule has 1 aromatic carbocycles. The van der Waals surface area contributed by atoms with Crippen LogP contribution in [-0.2, 0) is 0 Å². The second kappa shape index (κ2) is 6.56. The highest BCUT2D eigenvalue weighted by Gasteiger charge is 2.20. The lowest BCUT2D eigenvalue weighted by atomic mass is 10.2.